The third kappa shape index (κ3) is 2.62. The van der Waals surface area contributed by atoms with E-state index in [4.69, 9.17) is 0 Å². The minimum atomic E-state index is -0.0858. The van der Waals surface area contributed by atoms with Crippen LogP contribution >= 0.6 is 0 Å². The Labute approximate surface area is 153 Å². The maximum absolute atomic E-state index is 13.0. The molecular formula is C22H23N3O. The van der Waals surface area contributed by atoms with Crippen molar-refractivity contribution < 1.29 is 4.79 Å². The molecule has 1 aromatic heterocycles. The summed E-state index contributed by atoms with van der Waals surface area (Å²) in [6.07, 6.45) is 1.93. The van der Waals surface area contributed by atoms with Gasteiger partial charge in [0.2, 0.25) is 0 Å². The molecule has 0 radical (unpaired) electrons. The number of benzene rings is 2. The number of fused-ring (bicyclic) bond motifs is 1. The fourth-order valence-electron chi connectivity index (χ4n) is 3.77. The molecule has 4 heteroatoms. The van der Waals surface area contributed by atoms with Crippen molar-refractivity contribution in [1.29, 1.82) is 0 Å². The number of nitrogens with zero attached hydrogens (tertiary/aromatic N) is 2. The van der Waals surface area contributed by atoms with Crippen LogP contribution in [0.25, 0.3) is 11.3 Å². The number of carbonyl (C=O) groups excluding carboxylic acids is 1. The van der Waals surface area contributed by atoms with E-state index in [1.807, 2.05) is 35.2 Å². The molecule has 0 bridgehead atoms. The molecule has 0 spiro atoms. The molecule has 2 heterocycles. The number of nitrogens with one attached hydrogen (secondary N) is 1. The van der Waals surface area contributed by atoms with E-state index >= 15 is 0 Å². The average Bonchev–Trinajstić information content (AvgIpc) is 3.23. The SMILES string of the molecule is CCCN1C(=O)c2[nH]nc(-c3ccccc3)c2C1c1ccc(CC)cc1. The fraction of sp³-hybridized carbons (Fsp3) is 0.273. The zero-order chi connectivity index (χ0) is 18.1. The predicted octanol–water partition coefficient (Wildman–Crippen LogP) is 4.59. The molecule has 0 saturated carbocycles. The second-order valence-corrected chi connectivity index (χ2v) is 6.72. The van der Waals surface area contributed by atoms with Gasteiger partial charge in [-0.1, -0.05) is 68.4 Å². The van der Waals surface area contributed by atoms with Crippen molar-refractivity contribution in [3.8, 4) is 11.3 Å². The van der Waals surface area contributed by atoms with Crippen LogP contribution in [0.1, 0.15) is 53.5 Å². The summed E-state index contributed by atoms with van der Waals surface area (Å²) >= 11 is 0. The minimum absolute atomic E-state index is 0.0427. The number of rotatable bonds is 5. The van der Waals surface area contributed by atoms with Crippen molar-refractivity contribution in [3.05, 3.63) is 77.0 Å². The number of aromatic nitrogens is 2. The van der Waals surface area contributed by atoms with E-state index in [1.165, 1.54) is 5.56 Å². The van der Waals surface area contributed by atoms with Crippen LogP contribution < -0.4 is 0 Å². The Hall–Kier alpha value is -2.88. The fourth-order valence-corrected chi connectivity index (χ4v) is 3.77. The second-order valence-electron chi connectivity index (χ2n) is 6.72. The van der Waals surface area contributed by atoms with Crippen LogP contribution in [0.15, 0.2) is 54.6 Å². The van der Waals surface area contributed by atoms with Crippen molar-refractivity contribution in [3.63, 3.8) is 0 Å². The number of hydrogen-bond donors (Lipinski definition) is 1. The van der Waals surface area contributed by atoms with E-state index in [0.717, 1.165) is 41.8 Å². The first kappa shape index (κ1) is 16.6. The zero-order valence-electron chi connectivity index (χ0n) is 15.2. The lowest BCUT2D eigenvalue weighted by Crippen LogP contribution is -2.30. The van der Waals surface area contributed by atoms with Crippen LogP contribution in [0.4, 0.5) is 0 Å². The first-order valence-electron chi connectivity index (χ1n) is 9.28. The maximum Gasteiger partial charge on any atom is 0.273 e. The van der Waals surface area contributed by atoms with E-state index in [1.54, 1.807) is 0 Å². The quantitative estimate of drug-likeness (QED) is 0.735. The molecule has 4 nitrogen and oxygen atoms in total. The summed E-state index contributed by atoms with van der Waals surface area (Å²) in [4.78, 5) is 15.0. The maximum atomic E-state index is 13.0. The second kappa shape index (κ2) is 6.79. The van der Waals surface area contributed by atoms with E-state index < -0.39 is 0 Å². The molecule has 1 unspecified atom stereocenters. The van der Waals surface area contributed by atoms with Crippen LogP contribution in [-0.4, -0.2) is 27.5 Å². The van der Waals surface area contributed by atoms with Gasteiger partial charge in [0.05, 0.1) is 11.7 Å². The number of hydrogen-bond acceptors (Lipinski definition) is 2. The van der Waals surface area contributed by atoms with Crippen LogP contribution in [0.5, 0.6) is 0 Å². The van der Waals surface area contributed by atoms with Crippen molar-refractivity contribution in [2.45, 2.75) is 32.7 Å². The lowest BCUT2D eigenvalue weighted by Gasteiger charge is -2.26. The Morgan fingerprint density at radius 2 is 1.77 bits per heavy atom. The number of aromatic amines is 1. The number of carbonyl (C=O) groups is 1. The highest BCUT2D eigenvalue weighted by Crippen LogP contribution is 2.42. The van der Waals surface area contributed by atoms with Crippen LogP contribution in [0.3, 0.4) is 0 Å². The lowest BCUT2D eigenvalue weighted by atomic mass is 9.95. The molecule has 1 amide bonds. The van der Waals surface area contributed by atoms with Gasteiger partial charge in [0.25, 0.3) is 5.91 Å². The third-order valence-electron chi connectivity index (χ3n) is 5.08. The normalized spacial score (nSPS) is 16.2. The van der Waals surface area contributed by atoms with Gasteiger partial charge in [-0.05, 0) is 24.0 Å². The molecular weight excluding hydrogens is 322 g/mol. The van der Waals surface area contributed by atoms with E-state index in [9.17, 15) is 4.79 Å². The van der Waals surface area contributed by atoms with Gasteiger partial charge in [-0.25, -0.2) is 0 Å². The molecule has 0 fully saturated rings. The van der Waals surface area contributed by atoms with Gasteiger partial charge in [0.15, 0.2) is 0 Å². The van der Waals surface area contributed by atoms with E-state index in [2.05, 4.69) is 48.3 Å². The van der Waals surface area contributed by atoms with Gasteiger partial charge >= 0.3 is 0 Å². The van der Waals surface area contributed by atoms with Gasteiger partial charge < -0.3 is 4.90 Å². The Morgan fingerprint density at radius 1 is 1.04 bits per heavy atom. The van der Waals surface area contributed by atoms with Crippen LogP contribution in [0.2, 0.25) is 0 Å². The van der Waals surface area contributed by atoms with Crippen LogP contribution in [-0.2, 0) is 6.42 Å². The zero-order valence-corrected chi connectivity index (χ0v) is 15.2. The summed E-state index contributed by atoms with van der Waals surface area (Å²) in [6, 6.07) is 18.6. The number of H-pyrrole nitrogens is 1. The first-order valence-corrected chi connectivity index (χ1v) is 9.28. The van der Waals surface area contributed by atoms with Crippen LogP contribution in [0, 0.1) is 0 Å². The molecule has 1 atom stereocenters. The molecule has 26 heavy (non-hydrogen) atoms. The summed E-state index contributed by atoms with van der Waals surface area (Å²) in [5.74, 6) is 0.0427. The number of amides is 1. The average molecular weight is 345 g/mol. The Kier molecular flexibility index (Phi) is 4.33. The van der Waals surface area contributed by atoms with Gasteiger partial charge in [-0.2, -0.15) is 5.10 Å². The summed E-state index contributed by atoms with van der Waals surface area (Å²) in [7, 11) is 0. The highest BCUT2D eigenvalue weighted by Gasteiger charge is 2.41. The third-order valence-corrected chi connectivity index (χ3v) is 5.08. The molecule has 132 valence electrons. The first-order chi connectivity index (χ1) is 12.7. The number of aryl methyl sites for hydroxylation is 1. The molecule has 1 N–H and O–H groups in total. The van der Waals surface area contributed by atoms with Crippen molar-refractivity contribution in [2.75, 3.05) is 6.54 Å². The highest BCUT2D eigenvalue weighted by atomic mass is 16.2. The van der Waals surface area contributed by atoms with Gasteiger partial charge in [0, 0.05) is 17.7 Å². The van der Waals surface area contributed by atoms with Crippen molar-refractivity contribution in [1.82, 2.24) is 15.1 Å². The highest BCUT2D eigenvalue weighted by molar-refractivity contribution is 6.00. The monoisotopic (exact) mass is 345 g/mol. The Morgan fingerprint density at radius 3 is 2.42 bits per heavy atom. The minimum Gasteiger partial charge on any atom is -0.326 e. The molecule has 3 aromatic rings. The van der Waals surface area contributed by atoms with Crippen molar-refractivity contribution >= 4 is 5.91 Å². The van der Waals surface area contributed by atoms with E-state index in [-0.39, 0.29) is 11.9 Å². The molecule has 0 saturated heterocycles. The van der Waals surface area contributed by atoms with E-state index in [0.29, 0.717) is 5.69 Å². The molecule has 0 aliphatic carbocycles. The summed E-state index contributed by atoms with van der Waals surface area (Å²) in [6.45, 7) is 4.99. The molecule has 1 aliphatic heterocycles. The van der Waals surface area contributed by atoms with Gasteiger partial charge in [-0.15, -0.1) is 0 Å². The van der Waals surface area contributed by atoms with Gasteiger partial charge in [-0.3, -0.25) is 9.89 Å². The molecule has 2 aromatic carbocycles. The summed E-state index contributed by atoms with van der Waals surface area (Å²) in [5.41, 5.74) is 5.97. The molecule has 1 aliphatic rings. The topological polar surface area (TPSA) is 49.0 Å². The largest absolute Gasteiger partial charge is 0.326 e. The van der Waals surface area contributed by atoms with Gasteiger partial charge in [0.1, 0.15) is 5.69 Å². The Bertz CT molecular complexity index is 912. The van der Waals surface area contributed by atoms with Crippen molar-refractivity contribution in [2.24, 2.45) is 0 Å². The standard InChI is InChI=1S/C22H23N3O/c1-3-14-25-21(17-12-10-15(4-2)11-13-17)18-19(16-8-6-5-7-9-16)23-24-20(18)22(25)26/h5-13,21H,3-4,14H2,1-2H3,(H,23,24). The summed E-state index contributed by atoms with van der Waals surface area (Å²) in [5, 5.41) is 7.49. The Balaban J connectivity index is 1.86. The predicted molar refractivity (Wildman–Crippen MR) is 103 cm³/mol. The lowest BCUT2D eigenvalue weighted by molar-refractivity contribution is 0.0744. The molecule has 4 rings (SSSR count). The smallest absolute Gasteiger partial charge is 0.273 e. The summed E-state index contributed by atoms with van der Waals surface area (Å²) < 4.78 is 0.